The molecule has 1 heterocycles. The van der Waals surface area contributed by atoms with Crippen molar-refractivity contribution >= 4 is 17.5 Å². The van der Waals surface area contributed by atoms with E-state index in [1.807, 2.05) is 13.8 Å². The Balaban J connectivity index is 2.22. The van der Waals surface area contributed by atoms with Crippen molar-refractivity contribution in [2.45, 2.75) is 32.5 Å². The summed E-state index contributed by atoms with van der Waals surface area (Å²) in [6.45, 7) is 6.85. The summed E-state index contributed by atoms with van der Waals surface area (Å²) in [5, 5.41) is 2.85. The highest BCUT2D eigenvalue weighted by molar-refractivity contribution is 6.17. The topological polar surface area (TPSA) is 41.6 Å². The fraction of sp³-hybridized carbons (Fsp3) is 0.909. The number of rotatable bonds is 5. The summed E-state index contributed by atoms with van der Waals surface area (Å²) < 4.78 is 5.61. The van der Waals surface area contributed by atoms with Crippen LogP contribution in [0.5, 0.6) is 0 Å². The molecule has 1 N–H and O–H groups in total. The fourth-order valence-electron chi connectivity index (χ4n) is 1.97. The third-order valence-electron chi connectivity index (χ3n) is 2.50. The molecular formula is C11H21ClN2O2. The van der Waals surface area contributed by atoms with Gasteiger partial charge in [-0.05, 0) is 20.3 Å². The normalized spacial score (nSPS) is 26.7. The summed E-state index contributed by atoms with van der Waals surface area (Å²) >= 11 is 5.54. The summed E-state index contributed by atoms with van der Waals surface area (Å²) in [6, 6.07) is 0. The van der Waals surface area contributed by atoms with E-state index in [1.165, 1.54) is 0 Å². The lowest BCUT2D eigenvalue weighted by Gasteiger charge is -2.34. The summed E-state index contributed by atoms with van der Waals surface area (Å²) in [5.41, 5.74) is 0. The number of carbonyl (C=O) groups excluding carboxylic acids is 1. The highest BCUT2D eigenvalue weighted by Gasteiger charge is 2.23. The van der Waals surface area contributed by atoms with Crippen LogP contribution >= 0.6 is 11.6 Å². The number of nitrogens with zero attached hydrogens (tertiary/aromatic N) is 1. The van der Waals surface area contributed by atoms with Crippen molar-refractivity contribution in [3.63, 3.8) is 0 Å². The lowest BCUT2D eigenvalue weighted by Crippen LogP contribution is -2.49. The number of nitrogens with one attached hydrogen (secondary N) is 1. The predicted octanol–water partition coefficient (Wildman–Crippen LogP) is 0.841. The molecule has 2 atom stereocenters. The van der Waals surface area contributed by atoms with Gasteiger partial charge in [0.2, 0.25) is 5.91 Å². The maximum absolute atomic E-state index is 11.6. The first kappa shape index (κ1) is 13.7. The van der Waals surface area contributed by atoms with Crippen LogP contribution < -0.4 is 5.32 Å². The monoisotopic (exact) mass is 248 g/mol. The number of hydrogen-bond acceptors (Lipinski definition) is 3. The first-order valence-electron chi connectivity index (χ1n) is 5.82. The molecule has 0 aromatic rings. The highest BCUT2D eigenvalue weighted by Crippen LogP contribution is 2.09. The summed E-state index contributed by atoms with van der Waals surface area (Å²) in [7, 11) is 0. The molecule has 1 aliphatic rings. The summed E-state index contributed by atoms with van der Waals surface area (Å²) in [5.74, 6) is 0.665. The van der Waals surface area contributed by atoms with Crippen molar-refractivity contribution in [2.75, 3.05) is 32.1 Å². The van der Waals surface area contributed by atoms with Gasteiger partial charge in [0.15, 0.2) is 0 Å². The van der Waals surface area contributed by atoms with Crippen LogP contribution in [0.3, 0.4) is 0 Å². The quantitative estimate of drug-likeness (QED) is 0.579. The van der Waals surface area contributed by atoms with Gasteiger partial charge in [0.1, 0.15) is 0 Å². The first-order valence-corrected chi connectivity index (χ1v) is 6.35. The van der Waals surface area contributed by atoms with Crippen molar-refractivity contribution in [3.05, 3.63) is 0 Å². The maximum Gasteiger partial charge on any atom is 0.234 e. The van der Waals surface area contributed by atoms with Crippen molar-refractivity contribution < 1.29 is 9.53 Å². The molecule has 1 rings (SSSR count). The molecule has 0 aromatic heterocycles. The number of hydrogen-bond donors (Lipinski definition) is 1. The Labute approximate surface area is 102 Å². The molecule has 1 aliphatic heterocycles. The van der Waals surface area contributed by atoms with Gasteiger partial charge in [0.05, 0.1) is 18.8 Å². The van der Waals surface area contributed by atoms with Gasteiger partial charge in [0.25, 0.3) is 0 Å². The molecule has 0 radical (unpaired) electrons. The van der Waals surface area contributed by atoms with Crippen LogP contribution in [0, 0.1) is 0 Å². The van der Waals surface area contributed by atoms with Crippen LogP contribution in [-0.2, 0) is 9.53 Å². The molecule has 0 unspecified atom stereocenters. The third-order valence-corrected chi connectivity index (χ3v) is 2.76. The Bertz CT molecular complexity index is 216. The van der Waals surface area contributed by atoms with E-state index in [4.69, 9.17) is 16.3 Å². The second-order valence-corrected chi connectivity index (χ2v) is 4.72. The smallest absolute Gasteiger partial charge is 0.234 e. The van der Waals surface area contributed by atoms with Crippen LogP contribution in [0.25, 0.3) is 0 Å². The van der Waals surface area contributed by atoms with Gasteiger partial charge in [-0.15, -0.1) is 11.6 Å². The van der Waals surface area contributed by atoms with E-state index in [1.54, 1.807) is 0 Å². The molecule has 1 amide bonds. The molecule has 4 nitrogen and oxygen atoms in total. The first-order chi connectivity index (χ1) is 7.61. The van der Waals surface area contributed by atoms with Crippen LogP contribution in [0.1, 0.15) is 20.3 Å². The number of halogens is 1. The highest BCUT2D eigenvalue weighted by atomic mass is 35.5. The summed E-state index contributed by atoms with van der Waals surface area (Å²) in [6.07, 6.45) is 1.24. The number of carbonyl (C=O) groups is 1. The average Bonchev–Trinajstić information content (AvgIpc) is 2.16. The molecule has 0 saturated carbocycles. The van der Waals surface area contributed by atoms with E-state index in [-0.39, 0.29) is 18.1 Å². The third kappa shape index (κ3) is 5.14. The molecule has 5 heteroatoms. The van der Waals surface area contributed by atoms with E-state index < -0.39 is 0 Å². The Morgan fingerprint density at radius 2 is 2.06 bits per heavy atom. The van der Waals surface area contributed by atoms with Gasteiger partial charge in [-0.3, -0.25) is 9.69 Å². The number of morpholine rings is 1. The van der Waals surface area contributed by atoms with Crippen LogP contribution in [0.4, 0.5) is 0 Å². The second-order valence-electron chi connectivity index (χ2n) is 4.34. The Morgan fingerprint density at radius 3 is 2.62 bits per heavy atom. The lowest BCUT2D eigenvalue weighted by molar-refractivity contribution is -0.125. The maximum atomic E-state index is 11.6. The molecule has 16 heavy (non-hydrogen) atoms. The van der Waals surface area contributed by atoms with Crippen LogP contribution in [0.2, 0.25) is 0 Å². The van der Waals surface area contributed by atoms with Crippen molar-refractivity contribution in [1.29, 1.82) is 0 Å². The average molecular weight is 249 g/mol. The van der Waals surface area contributed by atoms with E-state index in [9.17, 15) is 4.79 Å². The van der Waals surface area contributed by atoms with Crippen molar-refractivity contribution in [3.8, 4) is 0 Å². The zero-order valence-corrected chi connectivity index (χ0v) is 10.8. The molecule has 1 saturated heterocycles. The zero-order chi connectivity index (χ0) is 12.0. The number of ether oxygens (including phenoxy) is 1. The van der Waals surface area contributed by atoms with Crippen molar-refractivity contribution in [2.24, 2.45) is 0 Å². The molecule has 0 bridgehead atoms. The van der Waals surface area contributed by atoms with Gasteiger partial charge in [-0.2, -0.15) is 0 Å². The standard InChI is InChI=1S/C11H21ClN2O2/c1-9-6-14(7-10(2)16-9)8-11(15)13-5-3-4-12/h9-10H,3-8H2,1-2H3,(H,13,15)/t9-,10-/m1/s1. The lowest BCUT2D eigenvalue weighted by atomic mass is 10.2. The summed E-state index contributed by atoms with van der Waals surface area (Å²) in [4.78, 5) is 13.7. The van der Waals surface area contributed by atoms with Gasteiger partial charge in [-0.1, -0.05) is 0 Å². The largest absolute Gasteiger partial charge is 0.373 e. The van der Waals surface area contributed by atoms with E-state index in [2.05, 4.69) is 10.2 Å². The number of amides is 1. The SMILES string of the molecule is C[C@@H]1CN(CC(=O)NCCCCl)C[C@@H](C)O1. The zero-order valence-electron chi connectivity index (χ0n) is 10.0. The van der Waals surface area contributed by atoms with Gasteiger partial charge in [0, 0.05) is 25.5 Å². The molecule has 94 valence electrons. The molecule has 0 spiro atoms. The van der Waals surface area contributed by atoms with Gasteiger partial charge < -0.3 is 10.1 Å². The molecule has 0 aromatic carbocycles. The van der Waals surface area contributed by atoms with Gasteiger partial charge >= 0.3 is 0 Å². The minimum absolute atomic E-state index is 0.0754. The fourth-order valence-corrected chi connectivity index (χ4v) is 2.10. The molecule has 0 aliphatic carbocycles. The second kappa shape index (κ2) is 7.09. The minimum Gasteiger partial charge on any atom is -0.373 e. The van der Waals surface area contributed by atoms with E-state index >= 15 is 0 Å². The predicted molar refractivity (Wildman–Crippen MR) is 64.8 cm³/mol. The van der Waals surface area contributed by atoms with E-state index in [0.717, 1.165) is 19.5 Å². The van der Waals surface area contributed by atoms with Crippen LogP contribution in [-0.4, -0.2) is 55.1 Å². The minimum atomic E-state index is 0.0754. The molecule has 1 fully saturated rings. The number of alkyl halides is 1. The van der Waals surface area contributed by atoms with Crippen LogP contribution in [0.15, 0.2) is 0 Å². The van der Waals surface area contributed by atoms with E-state index in [0.29, 0.717) is 19.0 Å². The molecular weight excluding hydrogens is 228 g/mol. The Hall–Kier alpha value is -0.320. The Morgan fingerprint density at radius 1 is 1.44 bits per heavy atom. The van der Waals surface area contributed by atoms with Gasteiger partial charge in [-0.25, -0.2) is 0 Å². The Kier molecular flexibility index (Phi) is 6.09. The van der Waals surface area contributed by atoms with Crippen molar-refractivity contribution in [1.82, 2.24) is 10.2 Å².